The summed E-state index contributed by atoms with van der Waals surface area (Å²) in [7, 11) is -1.35. The second kappa shape index (κ2) is 9.80. The first-order valence-corrected chi connectivity index (χ1v) is 11.9. The topological polar surface area (TPSA) is 150 Å². The van der Waals surface area contributed by atoms with E-state index in [0.717, 1.165) is 16.0 Å². The third-order valence-corrected chi connectivity index (χ3v) is 7.07. The van der Waals surface area contributed by atoms with Crippen molar-refractivity contribution in [2.45, 2.75) is 11.4 Å². The zero-order valence-electron chi connectivity index (χ0n) is 19.3. The van der Waals surface area contributed by atoms with E-state index in [-0.39, 0.29) is 16.3 Å². The van der Waals surface area contributed by atoms with Crippen molar-refractivity contribution in [3.8, 4) is 6.07 Å². The SMILES string of the molecule is CN(Cc1ccncc1)c1ccc([N+](=O)[O-])cc1S(=O)(=O)N(C)/N=C/c1cnn2ccc(C#N)cc12. The lowest BCUT2D eigenvalue weighted by molar-refractivity contribution is -0.385. The Bertz CT molecular complexity index is 1610. The summed E-state index contributed by atoms with van der Waals surface area (Å²) < 4.78 is 29.3. The summed E-state index contributed by atoms with van der Waals surface area (Å²) >= 11 is 0. The molecule has 0 bridgehead atoms. The molecule has 0 saturated heterocycles. The first kappa shape index (κ1) is 24.3. The molecular weight excluding hydrogens is 484 g/mol. The summed E-state index contributed by atoms with van der Waals surface area (Å²) in [6, 6.07) is 12.5. The number of non-ortho nitro benzene ring substituents is 1. The lowest BCUT2D eigenvalue weighted by Gasteiger charge is -2.24. The number of nitro groups is 1. The number of benzene rings is 1. The minimum Gasteiger partial charge on any atom is -0.369 e. The number of nitro benzene ring substituents is 1. The van der Waals surface area contributed by atoms with Crippen molar-refractivity contribution in [2.24, 2.45) is 5.10 Å². The van der Waals surface area contributed by atoms with Crippen LogP contribution in [0.3, 0.4) is 0 Å². The highest BCUT2D eigenvalue weighted by atomic mass is 32.2. The van der Waals surface area contributed by atoms with Gasteiger partial charge in [-0.25, -0.2) is 4.52 Å². The number of aromatic nitrogens is 3. The molecule has 0 N–H and O–H groups in total. The summed E-state index contributed by atoms with van der Waals surface area (Å²) in [5.41, 5.74) is 2.26. The van der Waals surface area contributed by atoms with E-state index >= 15 is 0 Å². The monoisotopic (exact) mass is 504 g/mol. The molecule has 0 atom stereocenters. The molecule has 1 aromatic carbocycles. The number of fused-ring (bicyclic) bond motifs is 1. The van der Waals surface area contributed by atoms with Gasteiger partial charge in [-0.15, -0.1) is 0 Å². The molecule has 0 aliphatic rings. The number of nitrogens with zero attached hydrogens (tertiary/aromatic N) is 8. The van der Waals surface area contributed by atoms with Crippen molar-refractivity contribution in [1.82, 2.24) is 19.0 Å². The Hall–Kier alpha value is -4.83. The number of rotatable bonds is 8. The van der Waals surface area contributed by atoms with Crippen LogP contribution in [0.25, 0.3) is 5.52 Å². The van der Waals surface area contributed by atoms with Gasteiger partial charge in [0, 0.05) is 56.9 Å². The van der Waals surface area contributed by atoms with Gasteiger partial charge in [-0.3, -0.25) is 15.1 Å². The lowest BCUT2D eigenvalue weighted by atomic mass is 10.2. The van der Waals surface area contributed by atoms with Gasteiger partial charge >= 0.3 is 0 Å². The average molecular weight is 505 g/mol. The molecule has 12 nitrogen and oxygen atoms in total. The maximum atomic E-state index is 13.5. The molecule has 4 rings (SSSR count). The first-order valence-electron chi connectivity index (χ1n) is 10.5. The highest BCUT2D eigenvalue weighted by molar-refractivity contribution is 7.89. The third-order valence-electron chi connectivity index (χ3n) is 5.40. The van der Waals surface area contributed by atoms with Crippen molar-refractivity contribution in [2.75, 3.05) is 19.0 Å². The first-order chi connectivity index (χ1) is 17.2. The van der Waals surface area contributed by atoms with E-state index in [2.05, 4.69) is 15.2 Å². The van der Waals surface area contributed by atoms with E-state index in [1.165, 1.54) is 36.1 Å². The molecule has 182 valence electrons. The maximum Gasteiger partial charge on any atom is 0.281 e. The van der Waals surface area contributed by atoms with Gasteiger partial charge in [-0.05, 0) is 35.9 Å². The van der Waals surface area contributed by atoms with Gasteiger partial charge < -0.3 is 4.90 Å². The van der Waals surface area contributed by atoms with Crippen LogP contribution in [0, 0.1) is 21.4 Å². The average Bonchev–Trinajstić information content (AvgIpc) is 3.29. The summed E-state index contributed by atoms with van der Waals surface area (Å²) in [6.45, 7) is 0.347. The molecule has 0 saturated carbocycles. The predicted octanol–water partition coefficient (Wildman–Crippen LogP) is 2.80. The molecule has 3 heterocycles. The zero-order chi connectivity index (χ0) is 25.9. The fourth-order valence-electron chi connectivity index (χ4n) is 3.50. The summed E-state index contributed by atoms with van der Waals surface area (Å²) in [5, 5.41) is 28.8. The molecular formula is C23H20N8O4S. The smallest absolute Gasteiger partial charge is 0.281 e. The number of hydrogen-bond donors (Lipinski definition) is 0. The van der Waals surface area contributed by atoms with E-state index in [1.54, 1.807) is 54.8 Å². The van der Waals surface area contributed by atoms with Gasteiger partial charge in [0.25, 0.3) is 15.7 Å². The molecule has 0 aliphatic heterocycles. The van der Waals surface area contributed by atoms with Crippen LogP contribution < -0.4 is 4.90 Å². The Morgan fingerprint density at radius 3 is 2.64 bits per heavy atom. The Kier molecular flexibility index (Phi) is 6.62. The van der Waals surface area contributed by atoms with Crippen LogP contribution in [0.2, 0.25) is 0 Å². The van der Waals surface area contributed by atoms with Crippen molar-refractivity contribution < 1.29 is 13.3 Å². The van der Waals surface area contributed by atoms with Crippen molar-refractivity contribution in [3.05, 3.63) is 94.1 Å². The summed E-state index contributed by atoms with van der Waals surface area (Å²) in [6.07, 6.45) is 7.65. The molecule has 0 radical (unpaired) electrons. The van der Waals surface area contributed by atoms with Crippen molar-refractivity contribution in [1.29, 1.82) is 5.26 Å². The minimum atomic E-state index is -4.28. The van der Waals surface area contributed by atoms with Gasteiger partial charge in [-0.2, -0.15) is 28.3 Å². The van der Waals surface area contributed by atoms with Crippen LogP contribution in [0.4, 0.5) is 11.4 Å². The van der Waals surface area contributed by atoms with Gasteiger partial charge in [0.2, 0.25) is 0 Å². The van der Waals surface area contributed by atoms with E-state index in [4.69, 9.17) is 5.26 Å². The largest absolute Gasteiger partial charge is 0.369 e. The van der Waals surface area contributed by atoms with E-state index in [0.29, 0.717) is 23.2 Å². The fraction of sp³-hybridized carbons (Fsp3) is 0.130. The number of hydrazone groups is 1. The molecule has 4 aromatic rings. The molecule has 3 aromatic heterocycles. The summed E-state index contributed by atoms with van der Waals surface area (Å²) in [4.78, 5) is 16.1. The molecule has 0 amide bonds. The molecule has 0 aliphatic carbocycles. The van der Waals surface area contributed by atoms with Crippen LogP contribution in [0.5, 0.6) is 0 Å². The number of nitriles is 1. The Balaban J connectivity index is 1.70. The minimum absolute atomic E-state index is 0.264. The second-order valence-electron chi connectivity index (χ2n) is 7.76. The Labute approximate surface area is 206 Å². The number of pyridine rings is 2. The quantitative estimate of drug-likeness (QED) is 0.202. The third kappa shape index (κ3) is 4.84. The Morgan fingerprint density at radius 1 is 1.19 bits per heavy atom. The predicted molar refractivity (Wildman–Crippen MR) is 132 cm³/mol. The number of anilines is 1. The van der Waals surface area contributed by atoms with Crippen LogP contribution >= 0.6 is 0 Å². The van der Waals surface area contributed by atoms with E-state index in [1.807, 2.05) is 6.07 Å². The second-order valence-corrected chi connectivity index (χ2v) is 9.68. The number of sulfonamides is 1. The zero-order valence-corrected chi connectivity index (χ0v) is 20.1. The van der Waals surface area contributed by atoms with Gasteiger partial charge in [0.1, 0.15) is 4.90 Å². The number of hydrogen-bond acceptors (Lipinski definition) is 9. The fourth-order valence-corrected chi connectivity index (χ4v) is 4.72. The van der Waals surface area contributed by atoms with Gasteiger partial charge in [-0.1, -0.05) is 0 Å². The highest BCUT2D eigenvalue weighted by Gasteiger charge is 2.27. The van der Waals surface area contributed by atoms with Gasteiger partial charge in [0.15, 0.2) is 0 Å². The molecule has 36 heavy (non-hydrogen) atoms. The van der Waals surface area contributed by atoms with Crippen LogP contribution in [0.1, 0.15) is 16.7 Å². The highest BCUT2D eigenvalue weighted by Crippen LogP contribution is 2.31. The maximum absolute atomic E-state index is 13.5. The molecule has 13 heteroatoms. The standard InChI is InChI=1S/C23H20N8O4S/c1-28(16-17-5-8-25-9-6-17)21-4-3-20(31(32)33)12-23(21)36(34,35)29(2)26-14-19-15-27-30-10-7-18(13-24)11-22(19)30/h3-12,14-15H,16H2,1-2H3/b26-14+. The van der Waals surface area contributed by atoms with Crippen LogP contribution in [-0.4, -0.2) is 52.7 Å². The van der Waals surface area contributed by atoms with E-state index < -0.39 is 14.9 Å². The van der Waals surface area contributed by atoms with E-state index in [9.17, 15) is 18.5 Å². The summed E-state index contributed by atoms with van der Waals surface area (Å²) in [5.74, 6) is 0. The van der Waals surface area contributed by atoms with Crippen molar-refractivity contribution in [3.63, 3.8) is 0 Å². The van der Waals surface area contributed by atoms with Crippen LogP contribution in [-0.2, 0) is 16.6 Å². The Morgan fingerprint density at radius 2 is 1.94 bits per heavy atom. The van der Waals surface area contributed by atoms with Crippen LogP contribution in [0.15, 0.2) is 77.2 Å². The molecule has 0 unspecified atom stereocenters. The van der Waals surface area contributed by atoms with Crippen molar-refractivity contribution >= 4 is 33.1 Å². The lowest BCUT2D eigenvalue weighted by Crippen LogP contribution is -2.26. The normalized spacial score (nSPS) is 11.5. The molecule has 0 spiro atoms. The van der Waals surface area contributed by atoms with Gasteiger partial charge in [0.05, 0.1) is 40.2 Å². The molecule has 0 fully saturated rings.